The number of nitrogens with one attached hydrogen (secondary N) is 2. The highest BCUT2D eigenvalue weighted by Gasteiger charge is 2.31. The topological polar surface area (TPSA) is 210 Å². The Kier molecular flexibility index (Phi) is 15.7. The minimum absolute atomic E-state index is 0.165. The second-order valence-electron chi connectivity index (χ2n) is 9.33. The number of hydrogen-bond acceptors (Lipinski definition) is 7. The summed E-state index contributed by atoms with van der Waals surface area (Å²) in [7, 11) is 0. The number of amides is 3. The number of alkyl halides is 3. The molecule has 2 atom stereocenters. The maximum atomic E-state index is 12.5. The second-order valence-corrected chi connectivity index (χ2v) is 9.33. The maximum absolute atomic E-state index is 12.5. The Balaban J connectivity index is 0.00000181. The molecule has 16 heteroatoms. The second kappa shape index (κ2) is 17.2. The fraction of sp³-hybridized carbons (Fsp3) is 0.739. The molecular weight excluding hydrogens is 533 g/mol. The number of aliphatic carboxylic acids is 3. The van der Waals surface area contributed by atoms with E-state index in [1.54, 1.807) is 20.8 Å². The molecule has 39 heavy (non-hydrogen) atoms. The number of halogens is 3. The van der Waals surface area contributed by atoms with Gasteiger partial charge in [0.05, 0.1) is 26.1 Å². The van der Waals surface area contributed by atoms with Gasteiger partial charge < -0.3 is 41.0 Å². The molecule has 1 rings (SSSR count). The lowest BCUT2D eigenvalue weighted by atomic mass is 9.93. The quantitative estimate of drug-likeness (QED) is 0.167. The third-order valence-electron chi connectivity index (χ3n) is 5.89. The fourth-order valence-electron chi connectivity index (χ4n) is 3.71. The summed E-state index contributed by atoms with van der Waals surface area (Å²) in [6.07, 6.45) is -2.67. The van der Waals surface area contributed by atoms with Gasteiger partial charge in [-0.05, 0) is 38.0 Å². The molecule has 224 valence electrons. The summed E-state index contributed by atoms with van der Waals surface area (Å²) < 4.78 is 31.5. The minimum atomic E-state index is -5.19. The maximum Gasteiger partial charge on any atom is 0.430 e. The van der Waals surface area contributed by atoms with E-state index in [2.05, 4.69) is 16.0 Å². The number of carbonyl (C=O) groups excluding carboxylic acids is 4. The summed E-state index contributed by atoms with van der Waals surface area (Å²) >= 11 is 0. The number of carboxylic acids is 3. The summed E-state index contributed by atoms with van der Waals surface area (Å²) in [6.45, 7) is 7.05. The van der Waals surface area contributed by atoms with E-state index in [1.165, 1.54) is 4.90 Å². The molecule has 13 nitrogen and oxygen atoms in total. The molecular formula is C23H37F3N4O9. The largest absolute Gasteiger partial charge is 0.542 e. The molecule has 0 saturated carbocycles. The first kappa shape index (κ1) is 35.6. The molecule has 0 aliphatic carbocycles. The van der Waals surface area contributed by atoms with Crippen molar-refractivity contribution < 1.29 is 62.6 Å². The summed E-state index contributed by atoms with van der Waals surface area (Å²) in [6, 6.07) is -2.67. The summed E-state index contributed by atoms with van der Waals surface area (Å²) in [4.78, 5) is 70.1. The molecule has 0 aromatic carbocycles. The third kappa shape index (κ3) is 14.9. The number of quaternary nitrogens is 1. The average molecular weight is 571 g/mol. The van der Waals surface area contributed by atoms with Crippen LogP contribution in [0.5, 0.6) is 0 Å². The summed E-state index contributed by atoms with van der Waals surface area (Å²) in [5.74, 6) is -7.26. The molecule has 0 aromatic heterocycles. The van der Waals surface area contributed by atoms with Gasteiger partial charge in [-0.3, -0.25) is 19.2 Å². The number of hydrogen-bond donors (Lipinski definition) is 5. The molecule has 0 radical (unpaired) electrons. The number of rotatable bonds is 13. The van der Waals surface area contributed by atoms with Gasteiger partial charge in [0.15, 0.2) is 0 Å². The van der Waals surface area contributed by atoms with Gasteiger partial charge in [-0.2, -0.15) is 13.2 Å². The highest BCUT2D eigenvalue weighted by molar-refractivity contribution is 5.94. The van der Waals surface area contributed by atoms with Crippen LogP contribution in [0.3, 0.4) is 0 Å². The van der Waals surface area contributed by atoms with Crippen LogP contribution in [-0.2, 0) is 28.8 Å². The van der Waals surface area contributed by atoms with Gasteiger partial charge in [0, 0.05) is 13.0 Å². The van der Waals surface area contributed by atoms with Crippen LogP contribution in [-0.4, -0.2) is 95.2 Å². The lowest BCUT2D eigenvalue weighted by molar-refractivity contribution is -0.664. The highest BCUT2D eigenvalue weighted by Crippen LogP contribution is 2.16. The molecule has 0 bridgehead atoms. The zero-order valence-electron chi connectivity index (χ0n) is 22.1. The molecule has 0 spiro atoms. The van der Waals surface area contributed by atoms with Crippen molar-refractivity contribution in [2.45, 2.75) is 71.1 Å². The van der Waals surface area contributed by atoms with Crippen LogP contribution >= 0.6 is 0 Å². The Morgan fingerprint density at radius 3 is 2.00 bits per heavy atom. The van der Waals surface area contributed by atoms with Gasteiger partial charge in [-0.15, -0.1) is 0 Å². The molecule has 3 amide bonds. The lowest BCUT2D eigenvalue weighted by Crippen LogP contribution is -2.86. The van der Waals surface area contributed by atoms with Crippen molar-refractivity contribution in [1.82, 2.24) is 15.5 Å². The van der Waals surface area contributed by atoms with Gasteiger partial charge in [0.25, 0.3) is 0 Å². The zero-order valence-corrected chi connectivity index (χ0v) is 22.1. The average Bonchev–Trinajstić information content (AvgIpc) is 2.83. The van der Waals surface area contributed by atoms with Crippen LogP contribution in [0.25, 0.3) is 0 Å². The number of nitrogens with zero attached hydrogens (tertiary/aromatic N) is 1. The molecule has 1 heterocycles. The van der Waals surface area contributed by atoms with Crippen LogP contribution in [0.15, 0.2) is 0 Å². The Hall–Kier alpha value is -3.43. The zero-order chi connectivity index (χ0) is 30.3. The Bertz CT molecular complexity index is 862. The summed E-state index contributed by atoms with van der Waals surface area (Å²) in [5.41, 5.74) is 0. The number of piperidine rings is 1. The molecule has 0 aromatic rings. The third-order valence-corrected chi connectivity index (χ3v) is 5.89. The first-order chi connectivity index (χ1) is 18.0. The van der Waals surface area contributed by atoms with Crippen molar-refractivity contribution in [2.75, 3.05) is 26.2 Å². The molecule has 0 unspecified atom stereocenters. The van der Waals surface area contributed by atoms with E-state index in [9.17, 15) is 42.3 Å². The number of carbonyl (C=O) groups is 6. The Morgan fingerprint density at radius 1 is 1.05 bits per heavy atom. The number of likely N-dealkylation sites (N-methyl/N-ethyl adjacent to an activating group) is 1. The highest BCUT2D eigenvalue weighted by atomic mass is 19.4. The van der Waals surface area contributed by atoms with Crippen molar-refractivity contribution in [2.24, 2.45) is 11.8 Å². The van der Waals surface area contributed by atoms with E-state index in [0.29, 0.717) is 18.9 Å². The first-order valence-corrected chi connectivity index (χ1v) is 12.4. The van der Waals surface area contributed by atoms with E-state index in [0.717, 1.165) is 32.4 Å². The molecule has 1 aliphatic heterocycles. The minimum Gasteiger partial charge on any atom is -0.542 e. The standard InChI is InChI=1S/C21H36N4O7.C2HF3O2/c1-4-25(17(27)6-5-14-7-9-22-10-8-14)12-16(26)23-15(11-18(28)29)20(30)24-19(13(2)3)21(31)32;3-2(4,5)1(6)7/h13-15,19,22H,4-12H2,1-3H3,(H,23,26)(H,24,30)(H,28,29)(H,31,32);(H,6,7)/t15-,19-;/m0./s1. The van der Waals surface area contributed by atoms with Crippen LogP contribution < -0.4 is 21.1 Å². The smallest absolute Gasteiger partial charge is 0.430 e. The van der Waals surface area contributed by atoms with E-state index < -0.39 is 60.3 Å². The van der Waals surface area contributed by atoms with Crippen molar-refractivity contribution >= 4 is 35.6 Å². The van der Waals surface area contributed by atoms with Gasteiger partial charge in [-0.1, -0.05) is 13.8 Å². The van der Waals surface area contributed by atoms with Gasteiger partial charge in [-0.25, -0.2) is 4.79 Å². The molecule has 6 N–H and O–H groups in total. The van der Waals surface area contributed by atoms with Crippen LogP contribution in [0.4, 0.5) is 13.2 Å². The molecule has 1 saturated heterocycles. The number of carboxylic acid groups (broad SMARTS) is 3. The van der Waals surface area contributed by atoms with Crippen molar-refractivity contribution in [3.8, 4) is 0 Å². The van der Waals surface area contributed by atoms with Crippen molar-refractivity contribution in [3.05, 3.63) is 0 Å². The van der Waals surface area contributed by atoms with E-state index in [-0.39, 0.29) is 12.5 Å². The normalized spacial score (nSPS) is 15.3. The predicted molar refractivity (Wildman–Crippen MR) is 126 cm³/mol. The van der Waals surface area contributed by atoms with Gasteiger partial charge in [0.2, 0.25) is 17.7 Å². The Morgan fingerprint density at radius 2 is 1.59 bits per heavy atom. The van der Waals surface area contributed by atoms with Gasteiger partial charge in [0.1, 0.15) is 18.1 Å². The monoisotopic (exact) mass is 570 g/mol. The Labute approximate surface area is 223 Å². The predicted octanol–water partition coefficient (Wildman–Crippen LogP) is -1.93. The van der Waals surface area contributed by atoms with Crippen molar-refractivity contribution in [1.29, 1.82) is 0 Å². The molecule has 1 aliphatic rings. The SMILES string of the molecule is CCN(CC(=O)N[C@@H](CC(=O)O)C(=O)N[C@H](C(=O)O)C(C)C)C(=O)CCC1CC[NH2+]CC1.O=C([O-])C(F)(F)F. The fourth-order valence-corrected chi connectivity index (χ4v) is 3.71. The van der Waals surface area contributed by atoms with Gasteiger partial charge >= 0.3 is 18.1 Å². The van der Waals surface area contributed by atoms with Crippen LogP contribution in [0.1, 0.15) is 52.9 Å². The molecule has 1 fully saturated rings. The van der Waals surface area contributed by atoms with Crippen LogP contribution in [0.2, 0.25) is 0 Å². The summed E-state index contributed by atoms with van der Waals surface area (Å²) in [5, 5.41) is 34.0. The first-order valence-electron chi connectivity index (χ1n) is 12.4. The number of nitrogens with two attached hydrogens (primary N) is 1. The van der Waals surface area contributed by atoms with E-state index in [4.69, 9.17) is 15.0 Å². The lowest BCUT2D eigenvalue weighted by Gasteiger charge is -2.25. The van der Waals surface area contributed by atoms with Crippen LogP contribution in [0, 0.1) is 11.8 Å². The van der Waals surface area contributed by atoms with E-state index in [1.807, 2.05) is 0 Å². The van der Waals surface area contributed by atoms with E-state index >= 15 is 0 Å². The van der Waals surface area contributed by atoms with Crippen molar-refractivity contribution in [3.63, 3.8) is 0 Å².